The van der Waals surface area contributed by atoms with Crippen LogP contribution < -0.4 is 0 Å². The van der Waals surface area contributed by atoms with Crippen LogP contribution in [-0.4, -0.2) is 28.0 Å². The van der Waals surface area contributed by atoms with Crippen molar-refractivity contribution in [1.29, 1.82) is 0 Å². The van der Waals surface area contributed by atoms with Gasteiger partial charge in [-0.2, -0.15) is 0 Å². The SMILES string of the molecule is COC(=O)/C(N=Nc1ccc([N+](=O)[O-])cc1[N+](=O)[O-])=C(\O)c1ccccc1. The first-order valence-electron chi connectivity index (χ1n) is 7.26. The number of nitro groups is 2. The maximum Gasteiger partial charge on any atom is 0.362 e. The quantitative estimate of drug-likeness (QED) is 0.202. The Balaban J connectivity index is 2.53. The maximum absolute atomic E-state index is 11.9. The van der Waals surface area contributed by atoms with Gasteiger partial charge in [-0.15, -0.1) is 10.2 Å². The summed E-state index contributed by atoms with van der Waals surface area (Å²) in [6, 6.07) is 10.6. The van der Waals surface area contributed by atoms with Gasteiger partial charge in [-0.05, 0) is 6.07 Å². The number of benzene rings is 2. The lowest BCUT2D eigenvalue weighted by molar-refractivity contribution is -0.393. The monoisotopic (exact) mass is 372 g/mol. The van der Waals surface area contributed by atoms with Gasteiger partial charge in [-0.25, -0.2) is 4.79 Å². The largest absolute Gasteiger partial charge is 0.505 e. The third kappa shape index (κ3) is 4.48. The second kappa shape index (κ2) is 8.29. The molecule has 1 N–H and O–H groups in total. The molecule has 0 spiro atoms. The summed E-state index contributed by atoms with van der Waals surface area (Å²) in [5.41, 5.74) is -1.87. The fourth-order valence-corrected chi connectivity index (χ4v) is 1.97. The zero-order valence-electron chi connectivity index (χ0n) is 13.8. The highest BCUT2D eigenvalue weighted by atomic mass is 16.6. The van der Waals surface area contributed by atoms with E-state index in [1.165, 1.54) is 12.1 Å². The van der Waals surface area contributed by atoms with E-state index in [1.807, 2.05) is 0 Å². The number of methoxy groups -OCH3 is 1. The molecule has 0 aliphatic heterocycles. The smallest absolute Gasteiger partial charge is 0.362 e. The number of hydrogen-bond acceptors (Lipinski definition) is 9. The van der Waals surface area contributed by atoms with Crippen LogP contribution in [0.5, 0.6) is 0 Å². The van der Waals surface area contributed by atoms with Crippen LogP contribution in [0.3, 0.4) is 0 Å². The Morgan fingerprint density at radius 2 is 1.74 bits per heavy atom. The van der Waals surface area contributed by atoms with Gasteiger partial charge < -0.3 is 9.84 Å². The molecule has 0 unspecified atom stereocenters. The first-order chi connectivity index (χ1) is 12.8. The zero-order valence-corrected chi connectivity index (χ0v) is 13.8. The lowest BCUT2D eigenvalue weighted by atomic mass is 10.1. The van der Waals surface area contributed by atoms with Crippen molar-refractivity contribution in [3.05, 3.63) is 80.0 Å². The van der Waals surface area contributed by atoms with E-state index in [9.17, 15) is 30.1 Å². The predicted molar refractivity (Wildman–Crippen MR) is 92.3 cm³/mol. The van der Waals surface area contributed by atoms with E-state index in [2.05, 4.69) is 15.0 Å². The topological polar surface area (TPSA) is 158 Å². The second-order valence-electron chi connectivity index (χ2n) is 4.94. The van der Waals surface area contributed by atoms with Gasteiger partial charge in [0.1, 0.15) is 0 Å². The molecule has 2 aromatic carbocycles. The van der Waals surface area contributed by atoms with Gasteiger partial charge in [0, 0.05) is 11.6 Å². The number of esters is 1. The van der Waals surface area contributed by atoms with Crippen molar-refractivity contribution >= 4 is 28.8 Å². The van der Waals surface area contributed by atoms with E-state index in [0.717, 1.165) is 19.2 Å². The number of ether oxygens (including phenoxy) is 1. The van der Waals surface area contributed by atoms with Crippen LogP contribution in [-0.2, 0) is 9.53 Å². The molecule has 0 saturated carbocycles. The van der Waals surface area contributed by atoms with E-state index in [4.69, 9.17) is 0 Å². The number of hydrogen-bond donors (Lipinski definition) is 1. The predicted octanol–water partition coefficient (Wildman–Crippen LogP) is 3.69. The number of non-ortho nitro benzene ring substituents is 1. The van der Waals surface area contributed by atoms with Crippen molar-refractivity contribution in [1.82, 2.24) is 0 Å². The molecule has 0 fully saturated rings. The van der Waals surface area contributed by atoms with Crippen LogP contribution in [0.15, 0.2) is 64.5 Å². The molecule has 11 nitrogen and oxygen atoms in total. The molecule has 2 rings (SSSR count). The van der Waals surface area contributed by atoms with Crippen LogP contribution in [0.2, 0.25) is 0 Å². The summed E-state index contributed by atoms with van der Waals surface area (Å²) in [5, 5.41) is 39.3. The molecule has 27 heavy (non-hydrogen) atoms. The highest BCUT2D eigenvalue weighted by Gasteiger charge is 2.21. The molecule has 0 aliphatic carbocycles. The van der Waals surface area contributed by atoms with Gasteiger partial charge in [0.2, 0.25) is 5.70 Å². The number of nitro benzene ring substituents is 2. The molecule has 0 saturated heterocycles. The molecule has 0 amide bonds. The highest BCUT2D eigenvalue weighted by Crippen LogP contribution is 2.32. The minimum atomic E-state index is -1.02. The van der Waals surface area contributed by atoms with Gasteiger partial charge >= 0.3 is 11.7 Å². The Morgan fingerprint density at radius 1 is 1.07 bits per heavy atom. The summed E-state index contributed by atoms with van der Waals surface area (Å²) in [4.78, 5) is 32.1. The number of aliphatic hydroxyl groups is 1. The lowest BCUT2D eigenvalue weighted by Gasteiger charge is -2.04. The number of carbonyl (C=O) groups excluding carboxylic acids is 1. The average molecular weight is 372 g/mol. The second-order valence-corrected chi connectivity index (χ2v) is 4.94. The molecular formula is C16H12N4O7. The van der Waals surface area contributed by atoms with E-state index < -0.39 is 38.6 Å². The lowest BCUT2D eigenvalue weighted by Crippen LogP contribution is -2.05. The third-order valence-electron chi connectivity index (χ3n) is 3.27. The van der Waals surface area contributed by atoms with Crippen LogP contribution in [0.4, 0.5) is 17.1 Å². The summed E-state index contributed by atoms with van der Waals surface area (Å²) >= 11 is 0. The van der Waals surface area contributed by atoms with E-state index in [-0.39, 0.29) is 11.3 Å². The third-order valence-corrected chi connectivity index (χ3v) is 3.27. The molecule has 0 heterocycles. The Bertz CT molecular complexity index is 954. The van der Waals surface area contributed by atoms with Crippen LogP contribution in [0.1, 0.15) is 5.56 Å². The summed E-state index contributed by atoms with van der Waals surface area (Å²) < 4.78 is 4.54. The van der Waals surface area contributed by atoms with Crippen molar-refractivity contribution in [2.24, 2.45) is 10.2 Å². The van der Waals surface area contributed by atoms with Gasteiger partial charge in [0.25, 0.3) is 5.69 Å². The number of aliphatic hydroxyl groups excluding tert-OH is 1. The maximum atomic E-state index is 11.9. The van der Waals surface area contributed by atoms with Gasteiger partial charge in [-0.3, -0.25) is 20.2 Å². The van der Waals surface area contributed by atoms with Gasteiger partial charge in [0.15, 0.2) is 11.4 Å². The first kappa shape index (κ1) is 19.2. The molecule has 0 aromatic heterocycles. The standard InChI is InChI=1S/C16H12N4O7/c1-27-16(22)14(15(21)10-5-3-2-4-6-10)18-17-12-8-7-11(19(23)24)9-13(12)20(25)26/h2-9,21H,1H3/b15-14+,18-17?. The van der Waals surface area contributed by atoms with E-state index >= 15 is 0 Å². The van der Waals surface area contributed by atoms with Gasteiger partial charge in [-0.1, -0.05) is 30.3 Å². The molecule has 0 aliphatic rings. The normalized spacial score (nSPS) is 11.7. The van der Waals surface area contributed by atoms with E-state index in [0.29, 0.717) is 6.07 Å². The van der Waals surface area contributed by atoms with Crippen LogP contribution >= 0.6 is 0 Å². The number of nitrogens with zero attached hydrogens (tertiary/aromatic N) is 4. The summed E-state index contributed by atoms with van der Waals surface area (Å²) in [7, 11) is 1.06. The van der Waals surface area contributed by atoms with Crippen molar-refractivity contribution < 1.29 is 24.5 Å². The summed E-state index contributed by atoms with van der Waals surface area (Å²) in [5.74, 6) is -1.57. The average Bonchev–Trinajstić information content (AvgIpc) is 2.68. The molecule has 2 aromatic rings. The molecular weight excluding hydrogens is 360 g/mol. The molecule has 0 atom stereocenters. The Kier molecular flexibility index (Phi) is 5.89. The van der Waals surface area contributed by atoms with Crippen LogP contribution in [0, 0.1) is 20.2 Å². The molecule has 11 heteroatoms. The van der Waals surface area contributed by atoms with E-state index in [1.54, 1.807) is 18.2 Å². The minimum Gasteiger partial charge on any atom is -0.505 e. The van der Waals surface area contributed by atoms with Crippen molar-refractivity contribution in [3.8, 4) is 0 Å². The van der Waals surface area contributed by atoms with Crippen molar-refractivity contribution in [2.45, 2.75) is 0 Å². The summed E-state index contributed by atoms with van der Waals surface area (Å²) in [6.07, 6.45) is 0. The Morgan fingerprint density at radius 3 is 2.30 bits per heavy atom. The highest BCUT2D eigenvalue weighted by molar-refractivity contribution is 5.95. The Labute approximate surface area is 151 Å². The van der Waals surface area contributed by atoms with Crippen molar-refractivity contribution in [3.63, 3.8) is 0 Å². The fraction of sp³-hybridized carbons (Fsp3) is 0.0625. The van der Waals surface area contributed by atoms with Crippen LogP contribution in [0.25, 0.3) is 5.76 Å². The van der Waals surface area contributed by atoms with Crippen molar-refractivity contribution in [2.75, 3.05) is 7.11 Å². The zero-order chi connectivity index (χ0) is 20.0. The fourth-order valence-electron chi connectivity index (χ4n) is 1.97. The number of rotatable bonds is 6. The number of carbonyl (C=O) groups is 1. The minimum absolute atomic E-state index is 0.245. The Hall–Kier alpha value is -4.15. The first-order valence-corrected chi connectivity index (χ1v) is 7.26. The summed E-state index contributed by atoms with van der Waals surface area (Å²) in [6.45, 7) is 0. The van der Waals surface area contributed by atoms with Gasteiger partial charge in [0.05, 0.1) is 23.0 Å². The molecule has 138 valence electrons. The molecule has 0 bridgehead atoms. The number of azo groups is 1. The molecule has 0 radical (unpaired) electrons.